The lowest BCUT2D eigenvalue weighted by atomic mass is 10.1. The number of hydrogen-bond acceptors (Lipinski definition) is 2. The highest BCUT2D eigenvalue weighted by Crippen LogP contribution is 2.03. The van der Waals surface area contributed by atoms with Gasteiger partial charge in [-0.15, -0.1) is 0 Å². The van der Waals surface area contributed by atoms with E-state index >= 15 is 0 Å². The van der Waals surface area contributed by atoms with Crippen LogP contribution in [0.1, 0.15) is 19.8 Å². The van der Waals surface area contributed by atoms with Crippen molar-refractivity contribution in [2.24, 2.45) is 5.92 Å². The van der Waals surface area contributed by atoms with Gasteiger partial charge in [-0.1, -0.05) is 13.3 Å². The van der Waals surface area contributed by atoms with E-state index < -0.39 is 0 Å². The molecule has 0 aliphatic carbocycles. The van der Waals surface area contributed by atoms with Gasteiger partial charge in [0.2, 0.25) is 0 Å². The summed E-state index contributed by atoms with van der Waals surface area (Å²) in [5.41, 5.74) is 0. The van der Waals surface area contributed by atoms with Gasteiger partial charge in [-0.05, 0) is 12.2 Å². The monoisotopic (exact) mass is 132 g/mol. The van der Waals surface area contributed by atoms with Crippen LogP contribution < -0.4 is 0 Å². The molecule has 0 aromatic carbocycles. The van der Waals surface area contributed by atoms with Crippen molar-refractivity contribution in [1.82, 2.24) is 0 Å². The standard InChI is InChI=1S/C6H12OS/c1-2-3-6(4-7)5-8/h4,6,8H,2-3,5H2,1H3. The van der Waals surface area contributed by atoms with Gasteiger partial charge in [0.1, 0.15) is 6.29 Å². The van der Waals surface area contributed by atoms with Gasteiger partial charge < -0.3 is 4.79 Å². The first kappa shape index (κ1) is 8.02. The SMILES string of the molecule is CCCC(C=O)CS. The minimum Gasteiger partial charge on any atom is -0.303 e. The number of aldehydes is 1. The second kappa shape index (κ2) is 5.16. The molecule has 0 radical (unpaired) electrons. The minimum absolute atomic E-state index is 0.184. The van der Waals surface area contributed by atoms with Gasteiger partial charge in [0.15, 0.2) is 0 Å². The van der Waals surface area contributed by atoms with Gasteiger partial charge in [-0.25, -0.2) is 0 Å². The molecule has 1 nitrogen and oxygen atoms in total. The first-order valence-corrected chi connectivity index (χ1v) is 3.54. The first-order chi connectivity index (χ1) is 3.85. The molecule has 0 aromatic heterocycles. The van der Waals surface area contributed by atoms with Crippen LogP contribution in [0.15, 0.2) is 0 Å². The fourth-order valence-corrected chi connectivity index (χ4v) is 0.842. The Balaban J connectivity index is 3.21. The van der Waals surface area contributed by atoms with Crippen molar-refractivity contribution in [1.29, 1.82) is 0 Å². The molecule has 48 valence electrons. The largest absolute Gasteiger partial charge is 0.303 e. The van der Waals surface area contributed by atoms with Crippen molar-refractivity contribution in [3.05, 3.63) is 0 Å². The summed E-state index contributed by atoms with van der Waals surface area (Å²) in [5, 5.41) is 0. The van der Waals surface area contributed by atoms with E-state index in [0.717, 1.165) is 19.1 Å². The zero-order valence-electron chi connectivity index (χ0n) is 5.13. The molecule has 1 atom stereocenters. The molecule has 0 aromatic rings. The number of rotatable bonds is 4. The fraction of sp³-hybridized carbons (Fsp3) is 0.833. The molecule has 0 aliphatic heterocycles. The van der Waals surface area contributed by atoms with E-state index in [1.54, 1.807) is 0 Å². The fourth-order valence-electron chi connectivity index (χ4n) is 0.573. The summed E-state index contributed by atoms with van der Waals surface area (Å²) in [6.07, 6.45) is 3.04. The highest BCUT2D eigenvalue weighted by molar-refractivity contribution is 7.80. The Morgan fingerprint density at radius 2 is 2.38 bits per heavy atom. The van der Waals surface area contributed by atoms with Crippen LogP contribution in [0.4, 0.5) is 0 Å². The maximum absolute atomic E-state index is 10.1. The molecule has 0 bridgehead atoms. The van der Waals surface area contributed by atoms with Crippen molar-refractivity contribution in [2.75, 3.05) is 5.75 Å². The molecule has 0 spiro atoms. The number of hydrogen-bond donors (Lipinski definition) is 1. The lowest BCUT2D eigenvalue weighted by Gasteiger charge is -2.00. The van der Waals surface area contributed by atoms with E-state index in [4.69, 9.17) is 0 Å². The highest BCUT2D eigenvalue weighted by Gasteiger charge is 2.00. The molecule has 1 unspecified atom stereocenters. The van der Waals surface area contributed by atoms with Crippen LogP contribution in [-0.4, -0.2) is 12.0 Å². The molecule has 2 heteroatoms. The van der Waals surface area contributed by atoms with Gasteiger partial charge in [0, 0.05) is 5.92 Å². The van der Waals surface area contributed by atoms with Crippen LogP contribution in [0.5, 0.6) is 0 Å². The summed E-state index contributed by atoms with van der Waals surface area (Å²) >= 11 is 4.00. The van der Waals surface area contributed by atoms with Crippen molar-refractivity contribution in [3.63, 3.8) is 0 Å². The van der Waals surface area contributed by atoms with Gasteiger partial charge in [-0.2, -0.15) is 12.6 Å². The second-order valence-corrected chi connectivity index (χ2v) is 2.23. The number of carbonyl (C=O) groups is 1. The van der Waals surface area contributed by atoms with Gasteiger partial charge in [0.25, 0.3) is 0 Å². The molecule has 0 saturated heterocycles. The maximum atomic E-state index is 10.1. The van der Waals surface area contributed by atoms with Crippen LogP contribution in [0, 0.1) is 5.92 Å². The average Bonchev–Trinajstić information content (AvgIpc) is 1.83. The third kappa shape index (κ3) is 3.08. The smallest absolute Gasteiger partial charge is 0.123 e. The third-order valence-electron chi connectivity index (χ3n) is 1.09. The Hall–Kier alpha value is 0.0200. The molecular weight excluding hydrogens is 120 g/mol. The zero-order valence-corrected chi connectivity index (χ0v) is 6.03. The van der Waals surface area contributed by atoms with Crippen molar-refractivity contribution in [3.8, 4) is 0 Å². The van der Waals surface area contributed by atoms with E-state index in [0.29, 0.717) is 5.75 Å². The molecule has 8 heavy (non-hydrogen) atoms. The molecular formula is C6H12OS. The molecule has 0 heterocycles. The lowest BCUT2D eigenvalue weighted by Crippen LogP contribution is -2.01. The molecule has 0 fully saturated rings. The van der Waals surface area contributed by atoms with Gasteiger partial charge in [0.05, 0.1) is 0 Å². The minimum atomic E-state index is 0.184. The highest BCUT2D eigenvalue weighted by atomic mass is 32.1. The molecule has 0 saturated carbocycles. The maximum Gasteiger partial charge on any atom is 0.123 e. The van der Waals surface area contributed by atoms with Crippen LogP contribution in [0.2, 0.25) is 0 Å². The normalized spacial score (nSPS) is 13.2. The molecule has 0 amide bonds. The molecule has 0 aliphatic rings. The lowest BCUT2D eigenvalue weighted by molar-refractivity contribution is -0.110. The van der Waals surface area contributed by atoms with Gasteiger partial charge >= 0.3 is 0 Å². The van der Waals surface area contributed by atoms with Crippen molar-refractivity contribution >= 4 is 18.9 Å². The topological polar surface area (TPSA) is 17.1 Å². The van der Waals surface area contributed by atoms with E-state index in [1.807, 2.05) is 0 Å². The average molecular weight is 132 g/mol. The van der Waals surface area contributed by atoms with E-state index in [9.17, 15) is 4.79 Å². The Morgan fingerprint density at radius 1 is 1.75 bits per heavy atom. The summed E-state index contributed by atoms with van der Waals surface area (Å²) in [7, 11) is 0. The predicted octanol–water partition coefficient (Wildman–Crippen LogP) is 1.53. The van der Waals surface area contributed by atoms with E-state index in [2.05, 4.69) is 19.6 Å². The van der Waals surface area contributed by atoms with Gasteiger partial charge in [-0.3, -0.25) is 0 Å². The summed E-state index contributed by atoms with van der Waals surface area (Å²) < 4.78 is 0. The summed E-state index contributed by atoms with van der Waals surface area (Å²) in [6.45, 7) is 2.07. The van der Waals surface area contributed by atoms with E-state index in [-0.39, 0.29) is 5.92 Å². The van der Waals surface area contributed by atoms with Crippen LogP contribution in [0.25, 0.3) is 0 Å². The summed E-state index contributed by atoms with van der Waals surface area (Å²) in [6, 6.07) is 0. The quantitative estimate of drug-likeness (QED) is 0.453. The summed E-state index contributed by atoms with van der Waals surface area (Å²) in [4.78, 5) is 10.1. The Kier molecular flexibility index (Phi) is 5.18. The third-order valence-corrected chi connectivity index (χ3v) is 1.56. The van der Waals surface area contributed by atoms with E-state index in [1.165, 1.54) is 0 Å². The molecule has 0 N–H and O–H groups in total. The Bertz CT molecular complexity index is 63.5. The van der Waals surface area contributed by atoms with Crippen molar-refractivity contribution in [2.45, 2.75) is 19.8 Å². The Morgan fingerprint density at radius 3 is 2.50 bits per heavy atom. The zero-order chi connectivity index (χ0) is 6.41. The predicted molar refractivity (Wildman–Crippen MR) is 38.3 cm³/mol. The Labute approximate surface area is 55.9 Å². The number of carbonyl (C=O) groups excluding carboxylic acids is 1. The number of thiol groups is 1. The van der Waals surface area contributed by atoms with Crippen LogP contribution in [0.3, 0.4) is 0 Å². The summed E-state index contributed by atoms with van der Waals surface area (Å²) in [5.74, 6) is 0.875. The van der Waals surface area contributed by atoms with Crippen LogP contribution in [-0.2, 0) is 4.79 Å². The first-order valence-electron chi connectivity index (χ1n) is 2.91. The van der Waals surface area contributed by atoms with Crippen molar-refractivity contribution < 1.29 is 4.79 Å². The molecule has 0 rings (SSSR count). The van der Waals surface area contributed by atoms with Crippen LogP contribution >= 0.6 is 12.6 Å². The second-order valence-electron chi connectivity index (χ2n) is 1.87.